The first-order chi connectivity index (χ1) is 13.6. The molecule has 3 aromatic rings. The van der Waals surface area contributed by atoms with Gasteiger partial charge in [-0.1, -0.05) is 35.9 Å². The molecule has 1 aliphatic heterocycles. The quantitative estimate of drug-likeness (QED) is 0.526. The van der Waals surface area contributed by atoms with Crippen molar-refractivity contribution in [3.05, 3.63) is 94.8 Å². The van der Waals surface area contributed by atoms with E-state index in [1.165, 1.54) is 12.1 Å². The van der Waals surface area contributed by atoms with Gasteiger partial charge in [-0.05, 0) is 59.7 Å². The highest BCUT2D eigenvalue weighted by Crippen LogP contribution is 2.42. The number of benzene rings is 3. The van der Waals surface area contributed by atoms with E-state index >= 15 is 0 Å². The molecule has 1 aliphatic rings. The van der Waals surface area contributed by atoms with Crippen molar-refractivity contribution >= 4 is 35.0 Å². The summed E-state index contributed by atoms with van der Waals surface area (Å²) < 4.78 is 19.2. The van der Waals surface area contributed by atoms with Gasteiger partial charge in [0.1, 0.15) is 23.5 Å². The molecule has 0 aliphatic carbocycles. The average molecular weight is 414 g/mol. The van der Waals surface area contributed by atoms with Gasteiger partial charge in [0, 0.05) is 10.7 Å². The lowest BCUT2D eigenvalue weighted by molar-refractivity contribution is -0.115. The van der Waals surface area contributed by atoms with Crippen LogP contribution in [0.4, 0.5) is 10.1 Å². The molecular weight excluding hydrogens is 397 g/mol. The summed E-state index contributed by atoms with van der Waals surface area (Å²) in [6.07, 6.45) is 0. The first kappa shape index (κ1) is 18.8. The van der Waals surface area contributed by atoms with Gasteiger partial charge in [0.2, 0.25) is 5.91 Å². The first-order valence-electron chi connectivity index (χ1n) is 8.76. The zero-order valence-corrected chi connectivity index (χ0v) is 16.4. The van der Waals surface area contributed by atoms with Crippen molar-refractivity contribution in [1.29, 1.82) is 0 Å². The Hall–Kier alpha value is -2.50. The van der Waals surface area contributed by atoms with Crippen LogP contribution in [-0.4, -0.2) is 11.7 Å². The standard InChI is InChI=1S/C22H17ClFNO2S/c23-17-7-9-19(10-8-17)25-21(26)14-28-22(25)16-4-2-6-20(12-16)27-13-15-3-1-5-18(24)11-15/h1-12,22H,13-14H2/t22-/m0/s1. The molecule has 1 atom stereocenters. The molecule has 1 heterocycles. The summed E-state index contributed by atoms with van der Waals surface area (Å²) in [7, 11) is 0. The van der Waals surface area contributed by atoms with Gasteiger partial charge >= 0.3 is 0 Å². The SMILES string of the molecule is O=C1CS[C@@H](c2cccc(OCc3cccc(F)c3)c2)N1c1ccc(Cl)cc1. The molecule has 0 radical (unpaired) electrons. The lowest BCUT2D eigenvalue weighted by Gasteiger charge is -2.24. The Bertz CT molecular complexity index is 996. The van der Waals surface area contributed by atoms with E-state index in [1.807, 2.05) is 42.5 Å². The van der Waals surface area contributed by atoms with Crippen LogP contribution in [0.2, 0.25) is 5.02 Å². The maximum Gasteiger partial charge on any atom is 0.238 e. The molecular formula is C22H17ClFNO2S. The van der Waals surface area contributed by atoms with Gasteiger partial charge in [-0.3, -0.25) is 9.69 Å². The zero-order chi connectivity index (χ0) is 19.5. The number of carbonyl (C=O) groups excluding carboxylic acids is 1. The van der Waals surface area contributed by atoms with Crippen LogP contribution in [0, 0.1) is 5.82 Å². The highest BCUT2D eigenvalue weighted by molar-refractivity contribution is 8.00. The third-order valence-corrected chi connectivity index (χ3v) is 5.87. The molecule has 142 valence electrons. The van der Waals surface area contributed by atoms with Crippen molar-refractivity contribution in [2.45, 2.75) is 12.0 Å². The number of hydrogen-bond donors (Lipinski definition) is 0. The van der Waals surface area contributed by atoms with Gasteiger partial charge in [-0.2, -0.15) is 0 Å². The molecule has 1 amide bonds. The predicted octanol–water partition coefficient (Wildman–Crippen LogP) is 5.84. The van der Waals surface area contributed by atoms with Gasteiger partial charge in [0.15, 0.2) is 0 Å². The second kappa shape index (κ2) is 8.25. The van der Waals surface area contributed by atoms with Crippen LogP contribution in [-0.2, 0) is 11.4 Å². The number of nitrogens with zero attached hydrogens (tertiary/aromatic N) is 1. The predicted molar refractivity (Wildman–Crippen MR) is 111 cm³/mol. The van der Waals surface area contributed by atoms with Crippen LogP contribution >= 0.6 is 23.4 Å². The van der Waals surface area contributed by atoms with E-state index in [1.54, 1.807) is 34.9 Å². The normalized spacial score (nSPS) is 16.4. The number of halogens is 2. The molecule has 0 unspecified atom stereocenters. The maximum absolute atomic E-state index is 13.3. The summed E-state index contributed by atoms with van der Waals surface area (Å²) >= 11 is 7.55. The van der Waals surface area contributed by atoms with Crippen LogP contribution in [0.1, 0.15) is 16.5 Å². The summed E-state index contributed by atoms with van der Waals surface area (Å²) in [6, 6.07) is 21.3. The molecule has 1 saturated heterocycles. The molecule has 0 saturated carbocycles. The number of rotatable bonds is 5. The molecule has 0 spiro atoms. The number of ether oxygens (including phenoxy) is 1. The minimum Gasteiger partial charge on any atom is -0.489 e. The molecule has 1 fully saturated rings. The highest BCUT2D eigenvalue weighted by Gasteiger charge is 2.34. The number of thioether (sulfide) groups is 1. The third-order valence-electron chi connectivity index (χ3n) is 4.41. The number of anilines is 1. The molecule has 3 nitrogen and oxygen atoms in total. The van der Waals surface area contributed by atoms with E-state index in [0.717, 1.165) is 16.8 Å². The third kappa shape index (κ3) is 4.16. The van der Waals surface area contributed by atoms with Crippen LogP contribution in [0.15, 0.2) is 72.8 Å². The lowest BCUT2D eigenvalue weighted by Crippen LogP contribution is -2.27. The maximum atomic E-state index is 13.3. The van der Waals surface area contributed by atoms with Gasteiger partial charge in [-0.15, -0.1) is 11.8 Å². The summed E-state index contributed by atoms with van der Waals surface area (Å²) in [4.78, 5) is 14.3. The largest absolute Gasteiger partial charge is 0.489 e. The van der Waals surface area contributed by atoms with Crippen molar-refractivity contribution in [2.75, 3.05) is 10.7 Å². The van der Waals surface area contributed by atoms with E-state index < -0.39 is 0 Å². The Balaban J connectivity index is 1.54. The van der Waals surface area contributed by atoms with Gasteiger partial charge in [0.25, 0.3) is 0 Å². The van der Waals surface area contributed by atoms with Crippen molar-refractivity contribution in [1.82, 2.24) is 0 Å². The van der Waals surface area contributed by atoms with Gasteiger partial charge < -0.3 is 4.74 Å². The van der Waals surface area contributed by atoms with E-state index in [0.29, 0.717) is 16.5 Å². The van der Waals surface area contributed by atoms with Crippen molar-refractivity contribution < 1.29 is 13.9 Å². The van der Waals surface area contributed by atoms with Crippen molar-refractivity contribution in [3.8, 4) is 5.75 Å². The molecule has 3 aromatic carbocycles. The summed E-state index contributed by atoms with van der Waals surface area (Å²) in [5, 5.41) is 0.499. The molecule has 0 bridgehead atoms. The van der Waals surface area contributed by atoms with Crippen LogP contribution in [0.25, 0.3) is 0 Å². The number of carbonyl (C=O) groups is 1. The highest BCUT2D eigenvalue weighted by atomic mass is 35.5. The van der Waals surface area contributed by atoms with Gasteiger partial charge in [0.05, 0.1) is 5.75 Å². The van der Waals surface area contributed by atoms with Crippen molar-refractivity contribution in [3.63, 3.8) is 0 Å². The van der Waals surface area contributed by atoms with Crippen molar-refractivity contribution in [2.24, 2.45) is 0 Å². The number of amides is 1. The van der Waals surface area contributed by atoms with Crippen LogP contribution in [0.5, 0.6) is 5.75 Å². The fraction of sp³-hybridized carbons (Fsp3) is 0.136. The minimum atomic E-state index is -0.283. The van der Waals surface area contributed by atoms with Gasteiger partial charge in [-0.25, -0.2) is 4.39 Å². The Morgan fingerprint density at radius 3 is 2.64 bits per heavy atom. The average Bonchev–Trinajstić information content (AvgIpc) is 3.09. The molecule has 0 aromatic heterocycles. The van der Waals surface area contributed by atoms with Crippen LogP contribution in [0.3, 0.4) is 0 Å². The van der Waals surface area contributed by atoms with Crippen LogP contribution < -0.4 is 9.64 Å². The second-order valence-corrected chi connectivity index (χ2v) is 7.90. The van der Waals surface area contributed by atoms with E-state index in [9.17, 15) is 9.18 Å². The molecule has 0 N–H and O–H groups in total. The summed E-state index contributed by atoms with van der Waals surface area (Å²) in [6.45, 7) is 0.277. The van der Waals surface area contributed by atoms with E-state index in [2.05, 4.69) is 0 Å². The fourth-order valence-corrected chi connectivity index (χ4v) is 4.40. The minimum absolute atomic E-state index is 0.0587. The Morgan fingerprint density at radius 2 is 1.86 bits per heavy atom. The summed E-state index contributed by atoms with van der Waals surface area (Å²) in [5.74, 6) is 0.872. The second-order valence-electron chi connectivity index (χ2n) is 6.39. The van der Waals surface area contributed by atoms with E-state index in [-0.39, 0.29) is 23.7 Å². The lowest BCUT2D eigenvalue weighted by atomic mass is 10.1. The smallest absolute Gasteiger partial charge is 0.238 e. The Kier molecular flexibility index (Phi) is 5.55. The monoisotopic (exact) mass is 413 g/mol. The zero-order valence-electron chi connectivity index (χ0n) is 14.8. The molecule has 28 heavy (non-hydrogen) atoms. The van der Waals surface area contributed by atoms with E-state index in [4.69, 9.17) is 16.3 Å². The molecule has 6 heteroatoms. The number of hydrogen-bond acceptors (Lipinski definition) is 3. The summed E-state index contributed by atoms with van der Waals surface area (Å²) in [5.41, 5.74) is 2.55. The molecule has 4 rings (SSSR count). The Labute approximate surface area is 172 Å². The first-order valence-corrected chi connectivity index (χ1v) is 10.2. The topological polar surface area (TPSA) is 29.5 Å². The Morgan fingerprint density at radius 1 is 1.07 bits per heavy atom. The fourth-order valence-electron chi connectivity index (χ4n) is 3.10.